The average molecular weight is 169 g/mol. The van der Waals surface area contributed by atoms with E-state index in [1.807, 2.05) is 0 Å². The van der Waals surface area contributed by atoms with E-state index in [2.05, 4.69) is 4.52 Å². The van der Waals surface area contributed by atoms with Crippen LogP contribution in [0.15, 0.2) is 0 Å². The van der Waals surface area contributed by atoms with Gasteiger partial charge in [-0.15, -0.1) is 0 Å². The maximum Gasteiger partial charge on any atom is 0.469 e. The van der Waals surface area contributed by atoms with Gasteiger partial charge in [0.1, 0.15) is 6.29 Å². The Bertz CT molecular complexity index is 153. The highest BCUT2D eigenvalue weighted by Gasteiger charge is 2.15. The van der Waals surface area contributed by atoms with Crippen molar-refractivity contribution in [2.45, 2.75) is 6.04 Å². The van der Waals surface area contributed by atoms with Crippen LogP contribution in [-0.4, -0.2) is 28.7 Å². The van der Waals surface area contributed by atoms with Gasteiger partial charge >= 0.3 is 7.82 Å². The maximum absolute atomic E-state index is 9.95. The van der Waals surface area contributed by atoms with Gasteiger partial charge in [0.15, 0.2) is 0 Å². The molecule has 10 heavy (non-hydrogen) atoms. The van der Waals surface area contributed by atoms with Gasteiger partial charge < -0.3 is 20.3 Å². The van der Waals surface area contributed by atoms with E-state index in [1.165, 1.54) is 0 Å². The van der Waals surface area contributed by atoms with Crippen molar-refractivity contribution in [3.05, 3.63) is 0 Å². The van der Waals surface area contributed by atoms with Crippen molar-refractivity contribution in [1.82, 2.24) is 0 Å². The molecule has 0 saturated carbocycles. The molecule has 0 aliphatic heterocycles. The number of phosphoric acid groups is 1. The van der Waals surface area contributed by atoms with E-state index < -0.39 is 20.5 Å². The SMILES string of the molecule is N[C@H](C=O)COP(=O)(O)O. The Kier molecular flexibility index (Phi) is 3.70. The highest BCUT2D eigenvalue weighted by molar-refractivity contribution is 7.46. The molecule has 0 spiro atoms. The van der Waals surface area contributed by atoms with Crippen molar-refractivity contribution in [2.75, 3.05) is 6.61 Å². The molecule has 0 rings (SSSR count). The van der Waals surface area contributed by atoms with Gasteiger partial charge in [-0.1, -0.05) is 0 Å². The van der Waals surface area contributed by atoms with Gasteiger partial charge in [0.2, 0.25) is 0 Å². The summed E-state index contributed by atoms with van der Waals surface area (Å²) in [6.45, 7) is -0.465. The fraction of sp³-hybridized carbons (Fsp3) is 0.667. The quantitative estimate of drug-likeness (QED) is 0.353. The summed E-state index contributed by atoms with van der Waals surface area (Å²) in [5.41, 5.74) is 4.94. The van der Waals surface area contributed by atoms with Crippen molar-refractivity contribution in [1.29, 1.82) is 0 Å². The molecule has 6 nitrogen and oxygen atoms in total. The van der Waals surface area contributed by atoms with E-state index in [0.29, 0.717) is 6.29 Å². The number of nitrogens with two attached hydrogens (primary N) is 1. The second-order valence-corrected chi connectivity index (χ2v) is 2.83. The second kappa shape index (κ2) is 3.80. The first kappa shape index (κ1) is 9.74. The van der Waals surface area contributed by atoms with Crippen LogP contribution in [0.25, 0.3) is 0 Å². The van der Waals surface area contributed by atoms with Crippen molar-refractivity contribution < 1.29 is 23.7 Å². The highest BCUT2D eigenvalue weighted by Crippen LogP contribution is 2.35. The largest absolute Gasteiger partial charge is 0.469 e. The minimum Gasteiger partial charge on any atom is -0.320 e. The van der Waals surface area contributed by atoms with Crippen LogP contribution in [0.1, 0.15) is 0 Å². The molecular weight excluding hydrogens is 161 g/mol. The molecule has 0 aromatic carbocycles. The molecule has 0 aromatic rings. The summed E-state index contributed by atoms with van der Waals surface area (Å²) in [6.07, 6.45) is 0.343. The van der Waals surface area contributed by atoms with E-state index in [4.69, 9.17) is 15.5 Å². The van der Waals surface area contributed by atoms with Crippen LogP contribution in [0.3, 0.4) is 0 Å². The fourth-order valence-electron chi connectivity index (χ4n) is 0.222. The Morgan fingerprint density at radius 2 is 2.20 bits per heavy atom. The van der Waals surface area contributed by atoms with E-state index in [1.54, 1.807) is 0 Å². The minimum atomic E-state index is -4.47. The lowest BCUT2D eigenvalue weighted by atomic mass is 10.4. The Balaban J connectivity index is 3.55. The van der Waals surface area contributed by atoms with E-state index in [-0.39, 0.29) is 0 Å². The number of hydrogen-bond acceptors (Lipinski definition) is 4. The summed E-state index contributed by atoms with van der Waals surface area (Å²) in [5.74, 6) is 0. The Labute approximate surface area is 57.2 Å². The monoisotopic (exact) mass is 169 g/mol. The average Bonchev–Trinajstić information content (AvgIpc) is 1.81. The molecule has 60 valence electrons. The number of aldehydes is 1. The lowest BCUT2D eigenvalue weighted by molar-refractivity contribution is -0.109. The summed E-state index contributed by atoms with van der Waals surface area (Å²) in [6, 6.07) is -0.979. The van der Waals surface area contributed by atoms with Crippen LogP contribution < -0.4 is 5.73 Å². The molecule has 0 radical (unpaired) electrons. The molecule has 0 amide bonds. The van der Waals surface area contributed by atoms with Gasteiger partial charge in [0.05, 0.1) is 12.6 Å². The smallest absolute Gasteiger partial charge is 0.320 e. The predicted octanol–water partition coefficient (Wildman–Crippen LogP) is -1.38. The molecule has 0 fully saturated rings. The van der Waals surface area contributed by atoms with Gasteiger partial charge in [-0.25, -0.2) is 4.57 Å². The first-order valence-corrected chi connectivity index (χ1v) is 3.89. The maximum atomic E-state index is 9.95. The summed E-state index contributed by atoms with van der Waals surface area (Å²) >= 11 is 0. The molecule has 0 aromatic heterocycles. The summed E-state index contributed by atoms with van der Waals surface area (Å²) < 4.78 is 13.8. The van der Waals surface area contributed by atoms with E-state index in [0.717, 1.165) is 0 Å². The zero-order chi connectivity index (χ0) is 8.20. The third-order valence-electron chi connectivity index (χ3n) is 0.610. The van der Waals surface area contributed by atoms with E-state index in [9.17, 15) is 9.36 Å². The molecule has 0 unspecified atom stereocenters. The van der Waals surface area contributed by atoms with Crippen LogP contribution in [-0.2, 0) is 13.9 Å². The Morgan fingerprint density at radius 1 is 1.70 bits per heavy atom. The van der Waals surface area contributed by atoms with Crippen molar-refractivity contribution >= 4 is 14.1 Å². The van der Waals surface area contributed by atoms with Crippen molar-refractivity contribution in [3.8, 4) is 0 Å². The standard InChI is InChI=1S/C3H8NO5P/c4-3(1-5)2-9-10(6,7)8/h1,3H,2,4H2,(H2,6,7,8)/t3-/m1/s1. The third-order valence-corrected chi connectivity index (χ3v) is 1.10. The summed E-state index contributed by atoms with van der Waals surface area (Å²) in [7, 11) is -4.47. The zero-order valence-electron chi connectivity index (χ0n) is 5.01. The van der Waals surface area contributed by atoms with Crippen molar-refractivity contribution in [2.24, 2.45) is 5.73 Å². The van der Waals surface area contributed by atoms with Gasteiger partial charge in [-0.2, -0.15) is 0 Å². The number of rotatable bonds is 4. The number of carbonyl (C=O) groups excluding carboxylic acids is 1. The molecule has 1 atom stereocenters. The molecule has 0 saturated heterocycles. The fourth-order valence-corrected chi connectivity index (χ4v) is 0.589. The topological polar surface area (TPSA) is 110 Å². The Hall–Kier alpha value is -0.260. The summed E-state index contributed by atoms with van der Waals surface area (Å²) in [5, 5.41) is 0. The number of carbonyl (C=O) groups is 1. The van der Waals surface area contributed by atoms with Crippen LogP contribution in [0, 0.1) is 0 Å². The first-order valence-electron chi connectivity index (χ1n) is 2.36. The second-order valence-electron chi connectivity index (χ2n) is 1.59. The molecule has 4 N–H and O–H groups in total. The number of hydrogen-bond donors (Lipinski definition) is 3. The lowest BCUT2D eigenvalue weighted by Crippen LogP contribution is -2.26. The molecule has 0 bridgehead atoms. The molecule has 7 heteroatoms. The first-order chi connectivity index (χ1) is 4.45. The van der Waals surface area contributed by atoms with Gasteiger partial charge in [0, 0.05) is 0 Å². The number of phosphoric ester groups is 1. The van der Waals surface area contributed by atoms with Crippen molar-refractivity contribution in [3.63, 3.8) is 0 Å². The van der Waals surface area contributed by atoms with Crippen LogP contribution in [0.2, 0.25) is 0 Å². The molecule has 0 heterocycles. The van der Waals surface area contributed by atoms with Gasteiger partial charge in [-0.05, 0) is 0 Å². The van der Waals surface area contributed by atoms with E-state index >= 15 is 0 Å². The van der Waals surface area contributed by atoms with Crippen LogP contribution in [0.5, 0.6) is 0 Å². The molecule has 0 aliphatic rings. The minimum absolute atomic E-state index is 0.343. The molecular formula is C3H8NO5P. The van der Waals surface area contributed by atoms with Crippen LogP contribution >= 0.6 is 7.82 Å². The third kappa shape index (κ3) is 5.87. The van der Waals surface area contributed by atoms with Crippen LogP contribution in [0.4, 0.5) is 0 Å². The lowest BCUT2D eigenvalue weighted by Gasteiger charge is -2.05. The van der Waals surface area contributed by atoms with Gasteiger partial charge in [0.25, 0.3) is 0 Å². The molecule has 0 aliphatic carbocycles. The zero-order valence-corrected chi connectivity index (χ0v) is 5.90. The normalized spacial score (nSPS) is 14.7. The Morgan fingerprint density at radius 3 is 2.50 bits per heavy atom. The van der Waals surface area contributed by atoms with Gasteiger partial charge in [-0.3, -0.25) is 4.52 Å². The predicted molar refractivity (Wildman–Crippen MR) is 32.0 cm³/mol. The highest BCUT2D eigenvalue weighted by atomic mass is 31.2. The summed E-state index contributed by atoms with van der Waals surface area (Å²) in [4.78, 5) is 25.9.